The molecule has 0 aromatic heterocycles. The molecule has 1 aromatic rings. The number of nitrogens with two attached hydrogens (primary N) is 1. The van der Waals surface area contributed by atoms with E-state index in [1.807, 2.05) is 4.90 Å². The largest absolute Gasteiger partial charge is 0.489 e. The van der Waals surface area contributed by atoms with Crippen molar-refractivity contribution >= 4 is 17.5 Å². The van der Waals surface area contributed by atoms with Gasteiger partial charge in [0.15, 0.2) is 0 Å². The van der Waals surface area contributed by atoms with E-state index in [1.165, 1.54) is 4.90 Å². The number of hydrogen-bond acceptors (Lipinski definition) is 4. The van der Waals surface area contributed by atoms with Crippen molar-refractivity contribution in [2.45, 2.75) is 32.7 Å². The molecular formula is C18H25N3O3. The Balaban J connectivity index is 1.84. The van der Waals surface area contributed by atoms with Gasteiger partial charge in [-0.25, -0.2) is 0 Å². The molecule has 2 aliphatic heterocycles. The summed E-state index contributed by atoms with van der Waals surface area (Å²) >= 11 is 0. The number of amides is 2. The smallest absolute Gasteiger partial charge is 0.253 e. The van der Waals surface area contributed by atoms with Crippen LogP contribution >= 0.6 is 0 Å². The minimum atomic E-state index is -0.689. The number of nitrogens with zero attached hydrogens (tertiary/aromatic N) is 2. The second-order valence-corrected chi connectivity index (χ2v) is 7.45. The first-order chi connectivity index (χ1) is 11.3. The highest BCUT2D eigenvalue weighted by Gasteiger charge is 2.30. The molecule has 24 heavy (non-hydrogen) atoms. The molecule has 130 valence electrons. The lowest BCUT2D eigenvalue weighted by Crippen LogP contribution is -2.43. The van der Waals surface area contributed by atoms with E-state index in [4.69, 9.17) is 10.5 Å². The summed E-state index contributed by atoms with van der Waals surface area (Å²) < 4.78 is 5.60. The van der Waals surface area contributed by atoms with Gasteiger partial charge in [-0.15, -0.1) is 0 Å². The van der Waals surface area contributed by atoms with E-state index in [9.17, 15) is 9.59 Å². The molecule has 2 amide bonds. The number of hydrogen-bond donors (Lipinski definition) is 1. The maximum Gasteiger partial charge on any atom is 0.253 e. The second kappa shape index (κ2) is 6.09. The minimum absolute atomic E-state index is 0.00249. The number of fused-ring (bicyclic) bond motifs is 1. The molecule has 3 rings (SSSR count). The van der Waals surface area contributed by atoms with Crippen LogP contribution in [-0.2, 0) is 4.79 Å². The van der Waals surface area contributed by atoms with Gasteiger partial charge in [-0.3, -0.25) is 9.59 Å². The number of likely N-dealkylation sites (N-methyl/N-ethyl adjacent to an activating group) is 1. The lowest BCUT2D eigenvalue weighted by Gasteiger charge is -2.37. The Hall–Kier alpha value is -2.08. The van der Waals surface area contributed by atoms with Gasteiger partial charge in [-0.05, 0) is 36.5 Å². The van der Waals surface area contributed by atoms with E-state index in [2.05, 4.69) is 13.8 Å². The summed E-state index contributed by atoms with van der Waals surface area (Å²) in [5, 5.41) is 0. The Labute approximate surface area is 142 Å². The molecule has 1 saturated heterocycles. The summed E-state index contributed by atoms with van der Waals surface area (Å²) in [5.74, 6) is 0.371. The Kier molecular flexibility index (Phi) is 4.25. The molecule has 1 aromatic carbocycles. The quantitative estimate of drug-likeness (QED) is 0.849. The number of likely N-dealkylation sites (tertiary alicyclic amines) is 1. The third kappa shape index (κ3) is 3.11. The Bertz CT molecular complexity index is 661. The lowest BCUT2D eigenvalue weighted by atomic mass is 9.82. The lowest BCUT2D eigenvalue weighted by molar-refractivity contribution is -0.119. The predicted octanol–water partition coefficient (Wildman–Crippen LogP) is 1.63. The molecule has 2 N–H and O–H groups in total. The average Bonchev–Trinajstić information content (AvgIpc) is 2.66. The van der Waals surface area contributed by atoms with Crippen LogP contribution in [0.1, 0.15) is 37.0 Å². The van der Waals surface area contributed by atoms with Gasteiger partial charge in [0.25, 0.3) is 5.91 Å². The maximum absolute atomic E-state index is 12.8. The van der Waals surface area contributed by atoms with Crippen LogP contribution in [0, 0.1) is 5.41 Å². The van der Waals surface area contributed by atoms with E-state index in [1.54, 1.807) is 25.2 Å². The van der Waals surface area contributed by atoms with E-state index >= 15 is 0 Å². The van der Waals surface area contributed by atoms with Crippen molar-refractivity contribution in [1.82, 2.24) is 4.90 Å². The normalized spacial score (nSPS) is 23.3. The van der Waals surface area contributed by atoms with Gasteiger partial charge in [-0.2, -0.15) is 0 Å². The van der Waals surface area contributed by atoms with E-state index in [0.29, 0.717) is 22.4 Å². The molecule has 1 atom stereocenters. The molecule has 0 saturated carbocycles. The zero-order valence-corrected chi connectivity index (χ0v) is 14.5. The van der Waals surface area contributed by atoms with Gasteiger partial charge in [-0.1, -0.05) is 13.8 Å². The van der Waals surface area contributed by atoms with Crippen LogP contribution in [0.2, 0.25) is 0 Å². The van der Waals surface area contributed by atoms with Crippen LogP contribution in [-0.4, -0.2) is 49.5 Å². The van der Waals surface area contributed by atoms with Gasteiger partial charge in [0.1, 0.15) is 18.4 Å². The molecule has 6 heteroatoms. The molecule has 6 nitrogen and oxygen atoms in total. The molecule has 0 bridgehead atoms. The summed E-state index contributed by atoms with van der Waals surface area (Å²) in [6, 6.07) is 4.55. The highest BCUT2D eigenvalue weighted by atomic mass is 16.5. The summed E-state index contributed by atoms with van der Waals surface area (Å²) in [5.41, 5.74) is 7.26. The predicted molar refractivity (Wildman–Crippen MR) is 92.2 cm³/mol. The number of anilines is 1. The molecule has 0 aliphatic carbocycles. The summed E-state index contributed by atoms with van der Waals surface area (Å²) in [6.45, 7) is 6.14. The molecule has 1 fully saturated rings. The Morgan fingerprint density at radius 1 is 1.29 bits per heavy atom. The second-order valence-electron chi connectivity index (χ2n) is 7.45. The standard InChI is InChI=1S/C18H25N3O3/c1-18(2)6-8-21(9-7-18)16(22)12-4-5-15-14(10-12)20(3)17(23)13(19)11-24-15/h4-5,10,13H,6-9,11,19H2,1-3H3/t13-/m0/s1. The van der Waals surface area contributed by atoms with Gasteiger partial charge in [0.2, 0.25) is 5.91 Å². The van der Waals surface area contributed by atoms with Crippen molar-refractivity contribution in [1.29, 1.82) is 0 Å². The van der Waals surface area contributed by atoms with Crippen molar-refractivity contribution in [2.75, 3.05) is 31.6 Å². The third-order valence-corrected chi connectivity index (χ3v) is 5.04. The van der Waals surface area contributed by atoms with E-state index in [-0.39, 0.29) is 18.4 Å². The van der Waals surface area contributed by atoms with Crippen molar-refractivity contribution in [2.24, 2.45) is 11.1 Å². The van der Waals surface area contributed by atoms with Crippen LogP contribution in [0.5, 0.6) is 5.75 Å². The molecule has 0 spiro atoms. The van der Waals surface area contributed by atoms with Gasteiger partial charge in [0.05, 0.1) is 5.69 Å². The van der Waals surface area contributed by atoms with Crippen LogP contribution in [0.4, 0.5) is 5.69 Å². The fourth-order valence-corrected chi connectivity index (χ4v) is 3.15. The summed E-state index contributed by atoms with van der Waals surface area (Å²) in [7, 11) is 1.66. The Morgan fingerprint density at radius 3 is 2.62 bits per heavy atom. The number of ether oxygens (including phenoxy) is 1. The topological polar surface area (TPSA) is 75.9 Å². The molecule has 2 heterocycles. The van der Waals surface area contributed by atoms with Gasteiger partial charge < -0.3 is 20.3 Å². The average molecular weight is 331 g/mol. The zero-order valence-electron chi connectivity index (χ0n) is 14.5. The van der Waals surface area contributed by atoms with Crippen molar-refractivity contribution in [3.8, 4) is 5.75 Å². The zero-order chi connectivity index (χ0) is 17.5. The summed E-state index contributed by atoms with van der Waals surface area (Å²) in [4.78, 5) is 28.3. The third-order valence-electron chi connectivity index (χ3n) is 5.04. The number of rotatable bonds is 1. The highest BCUT2D eigenvalue weighted by Crippen LogP contribution is 2.33. The first-order valence-corrected chi connectivity index (χ1v) is 8.38. The number of carbonyl (C=O) groups is 2. The number of benzene rings is 1. The number of carbonyl (C=O) groups excluding carboxylic acids is 2. The molecule has 2 aliphatic rings. The fourth-order valence-electron chi connectivity index (χ4n) is 3.15. The highest BCUT2D eigenvalue weighted by molar-refractivity contribution is 6.01. The first kappa shape index (κ1) is 16.8. The van der Waals surface area contributed by atoms with Crippen molar-refractivity contribution in [3.05, 3.63) is 23.8 Å². The first-order valence-electron chi connectivity index (χ1n) is 8.38. The molecule has 0 unspecified atom stereocenters. The van der Waals surface area contributed by atoms with Crippen LogP contribution in [0.3, 0.4) is 0 Å². The van der Waals surface area contributed by atoms with Crippen molar-refractivity contribution in [3.63, 3.8) is 0 Å². The monoisotopic (exact) mass is 331 g/mol. The van der Waals surface area contributed by atoms with Crippen LogP contribution < -0.4 is 15.4 Å². The number of piperidine rings is 1. The van der Waals surface area contributed by atoms with Gasteiger partial charge in [0, 0.05) is 25.7 Å². The van der Waals surface area contributed by atoms with Crippen LogP contribution in [0.15, 0.2) is 18.2 Å². The van der Waals surface area contributed by atoms with Crippen molar-refractivity contribution < 1.29 is 14.3 Å². The van der Waals surface area contributed by atoms with Crippen LogP contribution in [0.25, 0.3) is 0 Å². The summed E-state index contributed by atoms with van der Waals surface area (Å²) in [6.07, 6.45) is 2.00. The minimum Gasteiger partial charge on any atom is -0.489 e. The van der Waals surface area contributed by atoms with E-state index in [0.717, 1.165) is 25.9 Å². The van der Waals surface area contributed by atoms with Gasteiger partial charge >= 0.3 is 0 Å². The SMILES string of the molecule is CN1C(=O)[C@@H](N)COc2ccc(C(=O)N3CCC(C)(C)CC3)cc21. The fraction of sp³-hybridized carbons (Fsp3) is 0.556. The molecule has 0 radical (unpaired) electrons. The Morgan fingerprint density at radius 2 is 1.96 bits per heavy atom. The van der Waals surface area contributed by atoms with E-state index < -0.39 is 6.04 Å². The maximum atomic E-state index is 12.8. The molecular weight excluding hydrogens is 306 g/mol.